The Hall–Kier alpha value is -0.300. The van der Waals surface area contributed by atoms with Crippen LogP contribution in [-0.4, -0.2) is 27.0 Å². The van der Waals surface area contributed by atoms with E-state index in [1.54, 1.807) is 12.3 Å². The van der Waals surface area contributed by atoms with Gasteiger partial charge in [-0.3, -0.25) is 16.3 Å². The van der Waals surface area contributed by atoms with E-state index in [0.717, 1.165) is 11.5 Å². The summed E-state index contributed by atoms with van der Waals surface area (Å²) in [7, 11) is 0. The number of pyridine rings is 1. The maximum atomic E-state index is 13.7. The second-order valence-corrected chi connectivity index (χ2v) is 6.72. The van der Waals surface area contributed by atoms with Crippen LogP contribution in [0.25, 0.3) is 0 Å². The zero-order chi connectivity index (χ0) is 12.3. The molecule has 0 aromatic carbocycles. The van der Waals surface area contributed by atoms with Crippen LogP contribution in [0.3, 0.4) is 0 Å². The third kappa shape index (κ3) is 2.93. The first-order valence-corrected chi connectivity index (χ1v) is 7.62. The van der Waals surface area contributed by atoms with Gasteiger partial charge in [0.05, 0.1) is 12.2 Å². The summed E-state index contributed by atoms with van der Waals surface area (Å²) in [6, 6.07) is 1.54. The van der Waals surface area contributed by atoms with Crippen LogP contribution in [0.1, 0.15) is 18.5 Å². The van der Waals surface area contributed by atoms with Crippen LogP contribution in [0, 0.1) is 5.82 Å². The number of rotatable bonds is 3. The molecule has 1 fully saturated rings. The molecule has 3 atom stereocenters. The van der Waals surface area contributed by atoms with Crippen molar-refractivity contribution in [2.24, 2.45) is 5.84 Å². The fourth-order valence-corrected chi connectivity index (χ4v) is 4.94. The van der Waals surface area contributed by atoms with E-state index in [1.807, 2.05) is 23.5 Å². The van der Waals surface area contributed by atoms with Crippen molar-refractivity contribution in [1.82, 2.24) is 10.4 Å². The molecule has 1 saturated heterocycles. The van der Waals surface area contributed by atoms with Gasteiger partial charge in [0.2, 0.25) is 0 Å². The van der Waals surface area contributed by atoms with E-state index in [9.17, 15) is 4.39 Å². The molecular formula is C11H16FN3S2. The molecule has 0 radical (unpaired) electrons. The number of hydrazine groups is 1. The Morgan fingerprint density at radius 2 is 2.29 bits per heavy atom. The van der Waals surface area contributed by atoms with Crippen LogP contribution < -0.4 is 11.3 Å². The second kappa shape index (κ2) is 6.04. The smallest absolute Gasteiger partial charge is 0.146 e. The first kappa shape index (κ1) is 13.1. The average molecular weight is 273 g/mol. The molecule has 6 heteroatoms. The Bertz CT molecular complexity index is 377. The van der Waals surface area contributed by atoms with Gasteiger partial charge in [0, 0.05) is 33.8 Å². The third-order valence-corrected chi connectivity index (χ3v) is 6.08. The highest BCUT2D eigenvalue weighted by Crippen LogP contribution is 2.38. The lowest BCUT2D eigenvalue weighted by Gasteiger charge is -2.34. The molecule has 1 aliphatic heterocycles. The maximum absolute atomic E-state index is 13.7. The Balaban J connectivity index is 2.23. The Morgan fingerprint density at radius 1 is 1.53 bits per heavy atom. The quantitative estimate of drug-likeness (QED) is 0.651. The third-order valence-electron chi connectivity index (χ3n) is 2.88. The standard InChI is InChI=1S/C11H16FN3S2/c1-7-11(17-5-4-16-7)10(15-13)8-2-3-14-6-9(8)12/h2-3,6-7,10-11,15H,4-5,13H2,1H3. The number of hydrogen-bond donors (Lipinski definition) is 2. The number of nitrogens with two attached hydrogens (primary N) is 1. The molecule has 94 valence electrons. The van der Waals surface area contributed by atoms with E-state index in [2.05, 4.69) is 17.3 Å². The topological polar surface area (TPSA) is 50.9 Å². The molecule has 3 nitrogen and oxygen atoms in total. The first-order valence-electron chi connectivity index (χ1n) is 5.52. The largest absolute Gasteiger partial charge is 0.271 e. The van der Waals surface area contributed by atoms with Gasteiger partial charge in [0.25, 0.3) is 0 Å². The summed E-state index contributed by atoms with van der Waals surface area (Å²) in [6.45, 7) is 2.17. The van der Waals surface area contributed by atoms with Crippen LogP contribution in [0.4, 0.5) is 4.39 Å². The molecule has 3 N–H and O–H groups in total. The summed E-state index contributed by atoms with van der Waals surface area (Å²) >= 11 is 3.77. The number of aromatic nitrogens is 1. The minimum absolute atomic E-state index is 0.161. The Morgan fingerprint density at radius 3 is 2.94 bits per heavy atom. The van der Waals surface area contributed by atoms with E-state index in [1.165, 1.54) is 6.20 Å². The molecule has 1 aromatic rings. The molecule has 0 amide bonds. The summed E-state index contributed by atoms with van der Waals surface area (Å²) < 4.78 is 13.7. The predicted molar refractivity (Wildman–Crippen MR) is 72.4 cm³/mol. The van der Waals surface area contributed by atoms with Crippen LogP contribution in [0.15, 0.2) is 18.5 Å². The van der Waals surface area contributed by atoms with Crippen molar-refractivity contribution in [1.29, 1.82) is 0 Å². The van der Waals surface area contributed by atoms with Gasteiger partial charge < -0.3 is 0 Å². The van der Waals surface area contributed by atoms with Crippen LogP contribution >= 0.6 is 23.5 Å². The molecule has 1 aromatic heterocycles. The SMILES string of the molecule is CC1SCCSC1C(NN)c1ccncc1F. The van der Waals surface area contributed by atoms with Gasteiger partial charge in [-0.1, -0.05) is 6.92 Å². The number of halogens is 1. The van der Waals surface area contributed by atoms with E-state index < -0.39 is 0 Å². The minimum atomic E-state index is -0.293. The van der Waals surface area contributed by atoms with E-state index in [0.29, 0.717) is 10.8 Å². The Labute approximate surface area is 109 Å². The van der Waals surface area contributed by atoms with Crippen molar-refractivity contribution >= 4 is 23.5 Å². The summed E-state index contributed by atoms with van der Waals surface area (Å²) in [6.07, 6.45) is 2.85. The van der Waals surface area contributed by atoms with Gasteiger partial charge >= 0.3 is 0 Å². The van der Waals surface area contributed by atoms with Crippen molar-refractivity contribution in [2.45, 2.75) is 23.5 Å². The molecule has 2 rings (SSSR count). The van der Waals surface area contributed by atoms with Gasteiger partial charge in [-0.05, 0) is 6.07 Å². The van der Waals surface area contributed by atoms with Crippen LogP contribution in [0.5, 0.6) is 0 Å². The predicted octanol–water partition coefficient (Wildman–Crippen LogP) is 1.96. The molecule has 0 aliphatic carbocycles. The summed E-state index contributed by atoms with van der Waals surface area (Å²) in [5, 5.41) is 0.748. The van der Waals surface area contributed by atoms with E-state index in [4.69, 9.17) is 5.84 Å². The number of nitrogens with zero attached hydrogens (tertiary/aromatic N) is 1. The lowest BCUT2D eigenvalue weighted by molar-refractivity contribution is 0.492. The lowest BCUT2D eigenvalue weighted by Crippen LogP contribution is -2.41. The Kier molecular flexibility index (Phi) is 4.67. The minimum Gasteiger partial charge on any atom is -0.271 e. The highest BCUT2D eigenvalue weighted by Gasteiger charge is 2.32. The number of hydrogen-bond acceptors (Lipinski definition) is 5. The normalized spacial score (nSPS) is 26.8. The molecule has 0 spiro atoms. The fourth-order valence-electron chi connectivity index (χ4n) is 2.02. The van der Waals surface area contributed by atoms with E-state index in [-0.39, 0.29) is 17.1 Å². The van der Waals surface area contributed by atoms with Gasteiger partial charge in [-0.25, -0.2) is 4.39 Å². The van der Waals surface area contributed by atoms with Crippen LogP contribution in [0.2, 0.25) is 0 Å². The average Bonchev–Trinajstić information content (AvgIpc) is 2.34. The van der Waals surface area contributed by atoms with Crippen molar-refractivity contribution in [3.05, 3.63) is 29.8 Å². The highest BCUT2D eigenvalue weighted by atomic mass is 32.2. The summed E-state index contributed by atoms with van der Waals surface area (Å²) in [4.78, 5) is 3.77. The molecule has 3 unspecified atom stereocenters. The highest BCUT2D eigenvalue weighted by molar-refractivity contribution is 8.07. The summed E-state index contributed by atoms with van der Waals surface area (Å²) in [5.41, 5.74) is 3.36. The van der Waals surface area contributed by atoms with Crippen molar-refractivity contribution < 1.29 is 4.39 Å². The fraction of sp³-hybridized carbons (Fsp3) is 0.545. The van der Waals surface area contributed by atoms with Crippen molar-refractivity contribution in [2.75, 3.05) is 11.5 Å². The zero-order valence-corrected chi connectivity index (χ0v) is 11.2. The van der Waals surface area contributed by atoms with E-state index >= 15 is 0 Å². The molecule has 0 saturated carbocycles. The van der Waals surface area contributed by atoms with Gasteiger partial charge in [0.15, 0.2) is 0 Å². The van der Waals surface area contributed by atoms with Gasteiger partial charge in [0.1, 0.15) is 5.82 Å². The molecular weight excluding hydrogens is 257 g/mol. The van der Waals surface area contributed by atoms with Crippen LogP contribution in [-0.2, 0) is 0 Å². The number of thioether (sulfide) groups is 2. The molecule has 17 heavy (non-hydrogen) atoms. The van der Waals surface area contributed by atoms with Gasteiger partial charge in [-0.2, -0.15) is 23.5 Å². The monoisotopic (exact) mass is 273 g/mol. The maximum Gasteiger partial charge on any atom is 0.146 e. The summed E-state index contributed by atoms with van der Waals surface area (Å²) in [5.74, 6) is 7.55. The molecule has 1 aliphatic rings. The molecule has 0 bridgehead atoms. The lowest BCUT2D eigenvalue weighted by atomic mass is 10.0. The van der Waals surface area contributed by atoms with Gasteiger partial charge in [-0.15, -0.1) is 0 Å². The zero-order valence-electron chi connectivity index (χ0n) is 9.60. The van der Waals surface area contributed by atoms with Crippen molar-refractivity contribution in [3.63, 3.8) is 0 Å². The first-order chi connectivity index (χ1) is 8.24. The second-order valence-electron chi connectivity index (χ2n) is 3.95. The number of nitrogens with one attached hydrogen (secondary N) is 1. The van der Waals surface area contributed by atoms with Crippen molar-refractivity contribution in [3.8, 4) is 0 Å². The molecule has 2 heterocycles.